The first-order valence-corrected chi connectivity index (χ1v) is 6.36. The normalized spacial score (nSPS) is 15.0. The van der Waals surface area contributed by atoms with E-state index in [1.165, 1.54) is 12.8 Å². The summed E-state index contributed by atoms with van der Waals surface area (Å²) in [6.07, 6.45) is 10.5. The average Bonchev–Trinajstić information content (AvgIpc) is 2.70. The minimum atomic E-state index is 0.00194. The van der Waals surface area contributed by atoms with Crippen LogP contribution in [0.3, 0.4) is 0 Å². The molecule has 1 unspecified atom stereocenters. The number of nitrogens with zero attached hydrogens (tertiary/aromatic N) is 2. The molecule has 0 aliphatic rings. The molecule has 0 aliphatic heterocycles. The van der Waals surface area contributed by atoms with Gasteiger partial charge in [0.2, 0.25) is 0 Å². The van der Waals surface area contributed by atoms with Crippen LogP contribution in [0.25, 0.3) is 0 Å². The number of unbranched alkanes of at least 4 members (excludes halogenated alkanes) is 1. The lowest BCUT2D eigenvalue weighted by Crippen LogP contribution is -2.39. The first-order chi connectivity index (χ1) is 7.61. The Bertz CT molecular complexity index is 306. The molecule has 0 saturated carbocycles. The highest BCUT2D eigenvalue weighted by Gasteiger charge is 2.22. The summed E-state index contributed by atoms with van der Waals surface area (Å²) in [6.45, 7) is 4.41. The molecule has 0 amide bonds. The summed E-state index contributed by atoms with van der Waals surface area (Å²) >= 11 is 0. The molecule has 1 aromatic heterocycles. The lowest BCUT2D eigenvalue weighted by Gasteiger charge is -2.28. The van der Waals surface area contributed by atoms with Crippen molar-refractivity contribution in [2.75, 3.05) is 0 Å². The van der Waals surface area contributed by atoms with Crippen LogP contribution in [0, 0.1) is 0 Å². The van der Waals surface area contributed by atoms with Gasteiger partial charge >= 0.3 is 0 Å². The average molecular weight is 223 g/mol. The van der Waals surface area contributed by atoms with Crippen molar-refractivity contribution in [1.82, 2.24) is 9.55 Å². The topological polar surface area (TPSA) is 43.8 Å². The Morgan fingerprint density at radius 2 is 2.12 bits per heavy atom. The van der Waals surface area contributed by atoms with Crippen LogP contribution in [0.2, 0.25) is 0 Å². The first kappa shape index (κ1) is 13.2. The van der Waals surface area contributed by atoms with Crippen molar-refractivity contribution in [1.29, 1.82) is 0 Å². The second-order valence-corrected chi connectivity index (χ2v) is 4.77. The fraction of sp³-hybridized carbons (Fsp3) is 0.769. The van der Waals surface area contributed by atoms with E-state index in [1.807, 2.05) is 19.4 Å². The summed E-state index contributed by atoms with van der Waals surface area (Å²) in [4.78, 5) is 4.34. The van der Waals surface area contributed by atoms with Crippen molar-refractivity contribution < 1.29 is 0 Å². The van der Waals surface area contributed by atoms with Gasteiger partial charge in [-0.2, -0.15) is 0 Å². The molecule has 0 saturated heterocycles. The fourth-order valence-corrected chi connectivity index (χ4v) is 2.01. The number of hydrogen-bond donors (Lipinski definition) is 1. The number of aromatic nitrogens is 2. The van der Waals surface area contributed by atoms with Crippen LogP contribution in [0.1, 0.15) is 51.8 Å². The standard InChI is InChI=1S/C13H25N3/c1-4-6-8-13(14,5-2)9-7-12-15-10-11-16(12)3/h10-11H,4-9,14H2,1-3H3. The monoisotopic (exact) mass is 223 g/mol. The van der Waals surface area contributed by atoms with Crippen molar-refractivity contribution in [3.8, 4) is 0 Å². The molecule has 1 atom stereocenters. The van der Waals surface area contributed by atoms with Gasteiger partial charge in [0.05, 0.1) is 0 Å². The molecule has 0 aliphatic carbocycles. The van der Waals surface area contributed by atoms with Crippen LogP contribution in [0.15, 0.2) is 12.4 Å². The van der Waals surface area contributed by atoms with Crippen LogP contribution in [-0.4, -0.2) is 15.1 Å². The minimum Gasteiger partial charge on any atom is -0.338 e. The van der Waals surface area contributed by atoms with E-state index in [2.05, 4.69) is 23.4 Å². The molecule has 1 heterocycles. The number of nitrogens with two attached hydrogens (primary N) is 1. The third kappa shape index (κ3) is 3.63. The highest BCUT2D eigenvalue weighted by molar-refractivity contribution is 4.94. The van der Waals surface area contributed by atoms with Gasteiger partial charge in [-0.3, -0.25) is 0 Å². The molecule has 1 aromatic rings. The van der Waals surface area contributed by atoms with E-state index in [0.29, 0.717) is 0 Å². The summed E-state index contributed by atoms with van der Waals surface area (Å²) in [5, 5.41) is 0. The third-order valence-corrected chi connectivity index (χ3v) is 3.50. The smallest absolute Gasteiger partial charge is 0.108 e. The van der Waals surface area contributed by atoms with Crippen molar-refractivity contribution >= 4 is 0 Å². The second kappa shape index (κ2) is 6.04. The molecule has 2 N–H and O–H groups in total. The maximum absolute atomic E-state index is 6.41. The minimum absolute atomic E-state index is 0.00194. The lowest BCUT2D eigenvalue weighted by atomic mass is 9.86. The van der Waals surface area contributed by atoms with Crippen LogP contribution >= 0.6 is 0 Å². The Balaban J connectivity index is 2.47. The maximum atomic E-state index is 6.41. The van der Waals surface area contributed by atoms with Gasteiger partial charge < -0.3 is 10.3 Å². The Kier molecular flexibility index (Phi) is 5.00. The van der Waals surface area contributed by atoms with E-state index in [-0.39, 0.29) is 5.54 Å². The van der Waals surface area contributed by atoms with Crippen LogP contribution in [0.4, 0.5) is 0 Å². The molecule has 16 heavy (non-hydrogen) atoms. The summed E-state index contributed by atoms with van der Waals surface area (Å²) in [6, 6.07) is 0. The van der Waals surface area contributed by atoms with E-state index in [1.54, 1.807) is 0 Å². The Hall–Kier alpha value is -0.830. The molecule has 3 heteroatoms. The largest absolute Gasteiger partial charge is 0.338 e. The summed E-state index contributed by atoms with van der Waals surface area (Å²) in [5.41, 5.74) is 6.41. The predicted molar refractivity (Wildman–Crippen MR) is 68.3 cm³/mol. The molecule has 0 fully saturated rings. The van der Waals surface area contributed by atoms with Gasteiger partial charge in [0.15, 0.2) is 0 Å². The second-order valence-electron chi connectivity index (χ2n) is 4.77. The molecule has 0 spiro atoms. The van der Waals surface area contributed by atoms with Gasteiger partial charge in [0.1, 0.15) is 5.82 Å². The summed E-state index contributed by atoms with van der Waals surface area (Å²) in [5.74, 6) is 1.14. The van der Waals surface area contributed by atoms with E-state index in [4.69, 9.17) is 5.73 Å². The van der Waals surface area contributed by atoms with Crippen molar-refractivity contribution in [3.63, 3.8) is 0 Å². The Labute approximate surface area is 99.1 Å². The van der Waals surface area contributed by atoms with Crippen LogP contribution in [0.5, 0.6) is 0 Å². The Morgan fingerprint density at radius 3 is 2.62 bits per heavy atom. The van der Waals surface area contributed by atoms with Crippen molar-refractivity contribution in [2.45, 2.75) is 57.9 Å². The first-order valence-electron chi connectivity index (χ1n) is 6.36. The van der Waals surface area contributed by atoms with Gasteiger partial charge in [-0.15, -0.1) is 0 Å². The molecule has 1 rings (SSSR count). The van der Waals surface area contributed by atoms with Gasteiger partial charge in [-0.05, 0) is 19.3 Å². The molecule has 0 radical (unpaired) electrons. The van der Waals surface area contributed by atoms with Crippen molar-refractivity contribution in [3.05, 3.63) is 18.2 Å². The molecular formula is C13H25N3. The number of hydrogen-bond acceptors (Lipinski definition) is 2. The van der Waals surface area contributed by atoms with Crippen LogP contribution in [-0.2, 0) is 13.5 Å². The molecule has 0 aromatic carbocycles. The fourth-order valence-electron chi connectivity index (χ4n) is 2.01. The zero-order valence-electron chi connectivity index (χ0n) is 10.9. The summed E-state index contributed by atoms with van der Waals surface area (Å²) in [7, 11) is 2.04. The van der Waals surface area contributed by atoms with E-state index >= 15 is 0 Å². The molecule has 92 valence electrons. The number of imidazole rings is 1. The highest BCUT2D eigenvalue weighted by Crippen LogP contribution is 2.21. The Morgan fingerprint density at radius 1 is 1.38 bits per heavy atom. The zero-order chi connectivity index (χ0) is 12.0. The van der Waals surface area contributed by atoms with Crippen molar-refractivity contribution in [2.24, 2.45) is 12.8 Å². The van der Waals surface area contributed by atoms with E-state index in [0.717, 1.165) is 31.5 Å². The SMILES string of the molecule is CCCCC(N)(CC)CCc1nccn1C. The van der Waals surface area contributed by atoms with Gasteiger partial charge in [0.25, 0.3) is 0 Å². The van der Waals surface area contributed by atoms with Gasteiger partial charge in [0, 0.05) is 31.4 Å². The number of rotatable bonds is 7. The van der Waals surface area contributed by atoms with Crippen LogP contribution < -0.4 is 5.73 Å². The van der Waals surface area contributed by atoms with Gasteiger partial charge in [-0.1, -0.05) is 26.7 Å². The molecule has 0 bridgehead atoms. The zero-order valence-corrected chi connectivity index (χ0v) is 10.9. The van der Waals surface area contributed by atoms with E-state index in [9.17, 15) is 0 Å². The highest BCUT2D eigenvalue weighted by atomic mass is 15.0. The quantitative estimate of drug-likeness (QED) is 0.772. The molecule has 3 nitrogen and oxygen atoms in total. The molecular weight excluding hydrogens is 198 g/mol. The number of aryl methyl sites for hydroxylation is 2. The predicted octanol–water partition coefficient (Wildman–Crippen LogP) is 2.65. The maximum Gasteiger partial charge on any atom is 0.108 e. The lowest BCUT2D eigenvalue weighted by molar-refractivity contribution is 0.339. The summed E-state index contributed by atoms with van der Waals surface area (Å²) < 4.78 is 2.08. The van der Waals surface area contributed by atoms with E-state index < -0.39 is 0 Å². The van der Waals surface area contributed by atoms with Gasteiger partial charge in [-0.25, -0.2) is 4.98 Å². The third-order valence-electron chi connectivity index (χ3n) is 3.50.